The summed E-state index contributed by atoms with van der Waals surface area (Å²) in [7, 11) is 1.56. The second-order valence-electron chi connectivity index (χ2n) is 7.94. The van der Waals surface area contributed by atoms with Gasteiger partial charge in [0.25, 0.3) is 11.5 Å². The third kappa shape index (κ3) is 5.94. The summed E-state index contributed by atoms with van der Waals surface area (Å²) in [4.78, 5) is 25.7. The van der Waals surface area contributed by atoms with Gasteiger partial charge in [0.2, 0.25) is 0 Å². The predicted octanol–water partition coefficient (Wildman–Crippen LogP) is 4.59. The van der Waals surface area contributed by atoms with Crippen LogP contribution >= 0.6 is 0 Å². The first-order valence-corrected chi connectivity index (χ1v) is 11.2. The maximum absolute atomic E-state index is 13.4. The molecule has 0 fully saturated rings. The maximum atomic E-state index is 13.4. The molecule has 1 aromatic heterocycles. The van der Waals surface area contributed by atoms with Gasteiger partial charge in [-0.05, 0) is 67.6 Å². The lowest BCUT2D eigenvalue weighted by molar-refractivity contribution is 0.0937. The van der Waals surface area contributed by atoms with Crippen LogP contribution in [-0.2, 0) is 4.74 Å². The van der Waals surface area contributed by atoms with Crippen molar-refractivity contribution in [2.45, 2.75) is 6.92 Å². The van der Waals surface area contributed by atoms with Gasteiger partial charge in [0.1, 0.15) is 11.6 Å². The van der Waals surface area contributed by atoms with E-state index < -0.39 is 11.4 Å². The molecular weight excluding hydrogens is 463 g/mol. The summed E-state index contributed by atoms with van der Waals surface area (Å²) in [5.74, 6) is 0.0939. The Kier molecular flexibility index (Phi) is 7.72. The minimum Gasteiger partial charge on any atom is -0.453 e. The Morgan fingerprint density at radius 2 is 1.69 bits per heavy atom. The Hall–Kier alpha value is -4.50. The van der Waals surface area contributed by atoms with Gasteiger partial charge in [-0.3, -0.25) is 9.59 Å². The number of anilines is 2. The molecule has 8 nitrogen and oxygen atoms in total. The Morgan fingerprint density at radius 1 is 1.00 bits per heavy atom. The van der Waals surface area contributed by atoms with Crippen molar-refractivity contribution in [1.29, 1.82) is 0 Å². The van der Waals surface area contributed by atoms with Crippen LogP contribution in [0.1, 0.15) is 15.9 Å². The maximum Gasteiger partial charge on any atom is 0.299 e. The normalized spacial score (nSPS) is 10.6. The Bertz CT molecular complexity index is 1390. The number of aryl methyl sites for hydroxylation is 1. The van der Waals surface area contributed by atoms with Gasteiger partial charge in [-0.15, -0.1) is 0 Å². The highest BCUT2D eigenvalue weighted by Crippen LogP contribution is 2.29. The van der Waals surface area contributed by atoms with E-state index in [4.69, 9.17) is 9.47 Å². The molecule has 1 amide bonds. The van der Waals surface area contributed by atoms with Crippen molar-refractivity contribution >= 4 is 17.3 Å². The summed E-state index contributed by atoms with van der Waals surface area (Å²) in [6, 6.07) is 19.5. The van der Waals surface area contributed by atoms with E-state index >= 15 is 0 Å². The van der Waals surface area contributed by atoms with Crippen LogP contribution in [0.2, 0.25) is 0 Å². The van der Waals surface area contributed by atoms with Gasteiger partial charge < -0.3 is 20.1 Å². The molecule has 1 heterocycles. The molecule has 0 unspecified atom stereocenters. The van der Waals surface area contributed by atoms with Crippen LogP contribution in [0, 0.1) is 12.7 Å². The molecule has 2 N–H and O–H groups in total. The molecule has 36 heavy (non-hydrogen) atoms. The first kappa shape index (κ1) is 24.6. The highest BCUT2D eigenvalue weighted by atomic mass is 19.1. The molecule has 0 atom stereocenters. The average Bonchev–Trinajstić information content (AvgIpc) is 2.89. The quantitative estimate of drug-likeness (QED) is 0.335. The first-order chi connectivity index (χ1) is 17.4. The van der Waals surface area contributed by atoms with Crippen LogP contribution in [0.3, 0.4) is 0 Å². The lowest BCUT2D eigenvalue weighted by atomic mass is 10.2. The fourth-order valence-electron chi connectivity index (χ4n) is 3.35. The van der Waals surface area contributed by atoms with Gasteiger partial charge in [0.05, 0.1) is 18.5 Å². The van der Waals surface area contributed by atoms with E-state index in [0.717, 1.165) is 10.2 Å². The molecule has 0 radical (unpaired) electrons. The van der Waals surface area contributed by atoms with Gasteiger partial charge in [-0.2, -0.15) is 9.78 Å². The number of rotatable bonds is 9. The number of aromatic nitrogens is 2. The number of ether oxygens (including phenoxy) is 2. The van der Waals surface area contributed by atoms with Gasteiger partial charge >= 0.3 is 0 Å². The summed E-state index contributed by atoms with van der Waals surface area (Å²) in [5.41, 5.74) is 2.13. The van der Waals surface area contributed by atoms with Gasteiger partial charge in [0.15, 0.2) is 11.4 Å². The van der Waals surface area contributed by atoms with E-state index in [2.05, 4.69) is 15.7 Å². The zero-order chi connectivity index (χ0) is 25.5. The van der Waals surface area contributed by atoms with Crippen LogP contribution in [0.15, 0.2) is 83.8 Å². The van der Waals surface area contributed by atoms with Crippen molar-refractivity contribution in [1.82, 2.24) is 15.1 Å². The van der Waals surface area contributed by atoms with Gasteiger partial charge in [0, 0.05) is 24.9 Å². The molecule has 3 aromatic carbocycles. The molecule has 184 valence electrons. The number of nitrogens with one attached hydrogen (secondary N) is 2. The first-order valence-electron chi connectivity index (χ1n) is 11.2. The number of hydrogen-bond acceptors (Lipinski definition) is 6. The number of carbonyl (C=O) groups excluding carboxylic acids is 1. The van der Waals surface area contributed by atoms with Crippen LogP contribution in [0.5, 0.6) is 11.5 Å². The lowest BCUT2D eigenvalue weighted by Crippen LogP contribution is -2.26. The lowest BCUT2D eigenvalue weighted by Gasteiger charge is -2.15. The van der Waals surface area contributed by atoms with Crippen LogP contribution in [-0.4, -0.2) is 35.9 Å². The van der Waals surface area contributed by atoms with E-state index in [-0.39, 0.29) is 17.3 Å². The number of benzene rings is 3. The number of hydrogen-bond donors (Lipinski definition) is 2. The number of halogens is 1. The second-order valence-corrected chi connectivity index (χ2v) is 7.94. The Labute approximate surface area is 207 Å². The van der Waals surface area contributed by atoms with Crippen molar-refractivity contribution in [3.05, 3.63) is 106 Å². The third-order valence-electron chi connectivity index (χ3n) is 5.27. The fourth-order valence-corrected chi connectivity index (χ4v) is 3.35. The molecule has 9 heteroatoms. The molecule has 4 rings (SSSR count). The largest absolute Gasteiger partial charge is 0.453 e. The van der Waals surface area contributed by atoms with Crippen molar-refractivity contribution in [2.24, 2.45) is 0 Å². The Balaban J connectivity index is 1.66. The number of nitrogens with zero attached hydrogens (tertiary/aromatic N) is 2. The molecular formula is C27H25FN4O4. The third-order valence-corrected chi connectivity index (χ3v) is 5.27. The zero-order valence-corrected chi connectivity index (χ0v) is 19.8. The van der Waals surface area contributed by atoms with E-state index in [1.165, 1.54) is 30.5 Å². The van der Waals surface area contributed by atoms with Crippen LogP contribution in [0.25, 0.3) is 5.69 Å². The molecule has 0 bridgehead atoms. The minimum atomic E-state index is -0.493. The summed E-state index contributed by atoms with van der Waals surface area (Å²) < 4.78 is 25.5. The summed E-state index contributed by atoms with van der Waals surface area (Å²) >= 11 is 0. The van der Waals surface area contributed by atoms with Gasteiger partial charge in [-0.25, -0.2) is 4.39 Å². The van der Waals surface area contributed by atoms with Gasteiger partial charge in [-0.1, -0.05) is 17.7 Å². The van der Waals surface area contributed by atoms with E-state index in [1.807, 2.05) is 19.1 Å². The van der Waals surface area contributed by atoms with Crippen molar-refractivity contribution in [2.75, 3.05) is 25.6 Å². The van der Waals surface area contributed by atoms with E-state index in [1.54, 1.807) is 43.5 Å². The molecule has 0 aliphatic rings. The van der Waals surface area contributed by atoms with Crippen molar-refractivity contribution in [3.8, 4) is 17.2 Å². The summed E-state index contributed by atoms with van der Waals surface area (Å²) in [6.07, 6.45) is 1.42. The SMILES string of the molecule is COCCNC(=O)c1ccc(Nc2c(Oc3ccc(C)cc3)cnn(-c3ccc(F)cc3)c2=O)cc1. The Morgan fingerprint density at radius 3 is 2.36 bits per heavy atom. The second kappa shape index (κ2) is 11.3. The van der Waals surface area contributed by atoms with Crippen LogP contribution in [0.4, 0.5) is 15.8 Å². The fraction of sp³-hybridized carbons (Fsp3) is 0.148. The predicted molar refractivity (Wildman–Crippen MR) is 135 cm³/mol. The topological polar surface area (TPSA) is 94.5 Å². The summed E-state index contributed by atoms with van der Waals surface area (Å²) in [6.45, 7) is 2.77. The monoisotopic (exact) mass is 488 g/mol. The van der Waals surface area contributed by atoms with E-state index in [9.17, 15) is 14.0 Å². The molecule has 0 saturated carbocycles. The zero-order valence-electron chi connectivity index (χ0n) is 19.8. The number of amides is 1. The van der Waals surface area contributed by atoms with Crippen LogP contribution < -0.4 is 20.9 Å². The smallest absolute Gasteiger partial charge is 0.299 e. The summed E-state index contributed by atoms with van der Waals surface area (Å²) in [5, 5.41) is 10.1. The molecule has 0 saturated heterocycles. The molecule has 4 aromatic rings. The van der Waals surface area contributed by atoms with E-state index in [0.29, 0.717) is 35.8 Å². The minimum absolute atomic E-state index is 0.132. The molecule has 0 spiro atoms. The highest BCUT2D eigenvalue weighted by Gasteiger charge is 2.16. The number of methoxy groups -OCH3 is 1. The van der Waals surface area contributed by atoms with Crippen molar-refractivity contribution < 1.29 is 18.7 Å². The molecule has 0 aliphatic heterocycles. The molecule has 0 aliphatic carbocycles. The standard InChI is InChI=1S/C27H25FN4O4/c1-18-3-13-23(14-4-18)36-24-17-30-32(22-11-7-20(28)8-12-22)27(34)25(24)31-21-9-5-19(6-10-21)26(33)29-15-16-35-2/h3-14,17,31H,15-16H2,1-2H3,(H,29,33). The highest BCUT2D eigenvalue weighted by molar-refractivity contribution is 5.94. The van der Waals surface area contributed by atoms with Crippen molar-refractivity contribution in [3.63, 3.8) is 0 Å². The number of carbonyl (C=O) groups is 1. The average molecular weight is 489 g/mol.